The third-order valence-electron chi connectivity index (χ3n) is 2.26. The minimum absolute atomic E-state index is 0.182. The summed E-state index contributed by atoms with van der Waals surface area (Å²) in [6.07, 6.45) is 0. The van der Waals surface area contributed by atoms with Crippen LogP contribution >= 0.6 is 0 Å². The quantitative estimate of drug-likeness (QED) is 0.440. The molecule has 0 unspecified atom stereocenters. The molecule has 6 heteroatoms. The highest BCUT2D eigenvalue weighted by Crippen LogP contribution is 2.11. The minimum Gasteiger partial charge on any atom is -0.423 e. The average Bonchev–Trinajstić information content (AvgIpc) is 2.16. The van der Waals surface area contributed by atoms with Crippen LogP contribution < -0.4 is 10.9 Å². The van der Waals surface area contributed by atoms with Crippen LogP contribution in [0.4, 0.5) is 0 Å². The molecular weight excluding hydrogens is 194 g/mol. The Labute approximate surface area is 89.5 Å². The Kier molecular flexibility index (Phi) is 3.93. The highest BCUT2D eigenvalue weighted by atomic mass is 16.4. The Bertz CT molecular complexity index is 274. The summed E-state index contributed by atoms with van der Waals surface area (Å²) in [7, 11) is -3.19. The molecule has 0 spiro atoms. The third-order valence-corrected chi connectivity index (χ3v) is 2.26. The number of rotatable bonds is 3. The van der Waals surface area contributed by atoms with E-state index in [1.165, 1.54) is 6.07 Å². The van der Waals surface area contributed by atoms with Crippen LogP contribution in [0.3, 0.4) is 0 Å². The second kappa shape index (κ2) is 4.81. The van der Waals surface area contributed by atoms with E-state index in [2.05, 4.69) is 0 Å². The summed E-state index contributed by atoms with van der Waals surface area (Å²) < 4.78 is 0. The lowest BCUT2D eigenvalue weighted by Crippen LogP contribution is -2.38. The van der Waals surface area contributed by atoms with Crippen molar-refractivity contribution in [3.63, 3.8) is 0 Å². The van der Waals surface area contributed by atoms with E-state index in [1.807, 2.05) is 13.8 Å². The van der Waals surface area contributed by atoms with Gasteiger partial charge >= 0.3 is 14.2 Å². The third kappa shape index (κ3) is 3.07. The van der Waals surface area contributed by atoms with Crippen LogP contribution in [0.5, 0.6) is 0 Å². The van der Waals surface area contributed by atoms with Gasteiger partial charge in [0.05, 0.1) is 0 Å². The van der Waals surface area contributed by atoms with Gasteiger partial charge in [-0.3, -0.25) is 0 Å². The van der Waals surface area contributed by atoms with Gasteiger partial charge in [-0.1, -0.05) is 32.0 Å². The molecule has 4 nitrogen and oxygen atoms in total. The summed E-state index contributed by atoms with van der Waals surface area (Å²) in [5, 5.41) is 36.1. The van der Waals surface area contributed by atoms with Crippen LogP contribution in [-0.2, 0) is 0 Å². The first-order chi connectivity index (χ1) is 6.91. The molecule has 4 N–H and O–H groups in total. The normalized spacial score (nSPS) is 10.6. The van der Waals surface area contributed by atoms with Crippen molar-refractivity contribution < 1.29 is 20.1 Å². The van der Waals surface area contributed by atoms with Gasteiger partial charge in [-0.2, -0.15) is 0 Å². The number of hydrogen-bond donors (Lipinski definition) is 4. The monoisotopic (exact) mass is 208 g/mol. The lowest BCUT2D eigenvalue weighted by atomic mass is 9.71. The van der Waals surface area contributed by atoms with Gasteiger partial charge in [0.1, 0.15) is 0 Å². The smallest absolute Gasteiger partial charge is 0.423 e. The molecular formula is C9H14B2O4. The van der Waals surface area contributed by atoms with Crippen LogP contribution in [0.15, 0.2) is 18.2 Å². The van der Waals surface area contributed by atoms with Crippen molar-refractivity contribution >= 4 is 25.2 Å². The van der Waals surface area contributed by atoms with Crippen LogP contribution in [0.2, 0.25) is 0 Å². The van der Waals surface area contributed by atoms with Crippen LogP contribution in [-0.4, -0.2) is 34.3 Å². The van der Waals surface area contributed by atoms with Crippen molar-refractivity contribution in [2.24, 2.45) is 0 Å². The first kappa shape index (κ1) is 12.3. The molecule has 1 aromatic carbocycles. The largest absolute Gasteiger partial charge is 0.488 e. The maximum atomic E-state index is 9.03. The molecule has 0 saturated heterocycles. The van der Waals surface area contributed by atoms with Crippen molar-refractivity contribution in [1.29, 1.82) is 0 Å². The zero-order valence-corrected chi connectivity index (χ0v) is 8.75. The van der Waals surface area contributed by atoms with E-state index >= 15 is 0 Å². The molecule has 0 amide bonds. The van der Waals surface area contributed by atoms with Gasteiger partial charge in [0.2, 0.25) is 0 Å². The molecule has 0 aromatic heterocycles. The maximum Gasteiger partial charge on any atom is 0.488 e. The van der Waals surface area contributed by atoms with E-state index in [1.54, 1.807) is 12.1 Å². The van der Waals surface area contributed by atoms with Crippen molar-refractivity contribution in [3.8, 4) is 0 Å². The first-order valence-corrected chi connectivity index (χ1v) is 4.79. The Hall–Kier alpha value is -0.810. The Balaban J connectivity index is 3.20. The molecule has 0 fully saturated rings. The number of hydrogen-bond acceptors (Lipinski definition) is 4. The summed E-state index contributed by atoms with van der Waals surface area (Å²) >= 11 is 0. The SMILES string of the molecule is CC(C)c1cc(B(O)O)cc(B(O)O)c1. The topological polar surface area (TPSA) is 80.9 Å². The second-order valence-corrected chi connectivity index (χ2v) is 3.84. The number of benzene rings is 1. The molecule has 0 aliphatic heterocycles. The van der Waals surface area contributed by atoms with Gasteiger partial charge in [-0.15, -0.1) is 0 Å². The predicted molar refractivity (Wildman–Crippen MR) is 60.2 cm³/mol. The van der Waals surface area contributed by atoms with Crippen molar-refractivity contribution in [2.45, 2.75) is 19.8 Å². The zero-order valence-electron chi connectivity index (χ0n) is 8.75. The van der Waals surface area contributed by atoms with Crippen molar-refractivity contribution in [1.82, 2.24) is 0 Å². The highest BCUT2D eigenvalue weighted by molar-refractivity contribution is 6.62. The standard InChI is InChI=1S/C9H14B2O4/c1-6(2)7-3-8(10(12)13)5-9(4-7)11(14)15/h3-6,12-15H,1-2H3. The predicted octanol–water partition coefficient (Wildman–Crippen LogP) is -1.83. The molecule has 0 saturated carbocycles. The fourth-order valence-electron chi connectivity index (χ4n) is 1.33. The van der Waals surface area contributed by atoms with Gasteiger partial charge in [-0.25, -0.2) is 0 Å². The van der Waals surface area contributed by atoms with Crippen LogP contribution in [0.1, 0.15) is 25.3 Å². The van der Waals surface area contributed by atoms with Crippen molar-refractivity contribution in [3.05, 3.63) is 23.8 Å². The molecule has 0 heterocycles. The molecule has 0 aliphatic rings. The summed E-state index contributed by atoms with van der Waals surface area (Å²) in [6.45, 7) is 3.88. The van der Waals surface area contributed by atoms with Gasteiger partial charge in [0.15, 0.2) is 0 Å². The van der Waals surface area contributed by atoms with E-state index in [-0.39, 0.29) is 16.8 Å². The van der Waals surface area contributed by atoms with Crippen LogP contribution in [0.25, 0.3) is 0 Å². The van der Waals surface area contributed by atoms with E-state index in [4.69, 9.17) is 20.1 Å². The zero-order chi connectivity index (χ0) is 11.6. The van der Waals surface area contributed by atoms with E-state index in [0.29, 0.717) is 0 Å². The van der Waals surface area contributed by atoms with Crippen LogP contribution in [0, 0.1) is 0 Å². The summed E-state index contributed by atoms with van der Waals surface area (Å²) in [5.74, 6) is 0.182. The van der Waals surface area contributed by atoms with Gasteiger partial charge < -0.3 is 20.1 Å². The fraction of sp³-hybridized carbons (Fsp3) is 0.333. The summed E-state index contributed by atoms with van der Waals surface area (Å²) in [4.78, 5) is 0. The van der Waals surface area contributed by atoms with Gasteiger partial charge in [0.25, 0.3) is 0 Å². The fourth-order valence-corrected chi connectivity index (χ4v) is 1.33. The summed E-state index contributed by atoms with van der Waals surface area (Å²) in [6, 6.07) is 4.64. The molecule has 0 radical (unpaired) electrons. The van der Waals surface area contributed by atoms with Gasteiger partial charge in [-0.05, 0) is 22.4 Å². The lowest BCUT2D eigenvalue weighted by Gasteiger charge is -2.11. The molecule has 1 rings (SSSR count). The molecule has 0 aliphatic carbocycles. The molecule has 0 atom stereocenters. The van der Waals surface area contributed by atoms with E-state index in [9.17, 15) is 0 Å². The molecule has 0 bridgehead atoms. The Morgan fingerprint density at radius 2 is 1.27 bits per heavy atom. The van der Waals surface area contributed by atoms with Gasteiger partial charge in [0, 0.05) is 0 Å². The van der Waals surface area contributed by atoms with E-state index < -0.39 is 14.2 Å². The lowest BCUT2D eigenvalue weighted by molar-refractivity contribution is 0.425. The van der Waals surface area contributed by atoms with E-state index in [0.717, 1.165) is 5.56 Å². The average molecular weight is 208 g/mol. The Morgan fingerprint density at radius 3 is 1.53 bits per heavy atom. The molecule has 15 heavy (non-hydrogen) atoms. The molecule has 80 valence electrons. The molecule has 1 aromatic rings. The maximum absolute atomic E-state index is 9.03. The second-order valence-electron chi connectivity index (χ2n) is 3.84. The summed E-state index contributed by atoms with van der Waals surface area (Å²) in [5.41, 5.74) is 1.37. The first-order valence-electron chi connectivity index (χ1n) is 4.79. The minimum atomic E-state index is -1.60. The Morgan fingerprint density at radius 1 is 0.867 bits per heavy atom. The highest BCUT2D eigenvalue weighted by Gasteiger charge is 2.18. The van der Waals surface area contributed by atoms with Crippen molar-refractivity contribution in [2.75, 3.05) is 0 Å².